The van der Waals surface area contributed by atoms with E-state index in [1.165, 1.54) is 13.2 Å². The second-order valence-electron chi connectivity index (χ2n) is 7.07. The number of ether oxygens (including phenoxy) is 3. The van der Waals surface area contributed by atoms with Crippen molar-refractivity contribution >= 4 is 17.5 Å². The summed E-state index contributed by atoms with van der Waals surface area (Å²) in [6, 6.07) is 4.79. The van der Waals surface area contributed by atoms with Gasteiger partial charge in [0.05, 0.1) is 12.8 Å². The molecule has 3 rings (SSSR count). The van der Waals surface area contributed by atoms with Gasteiger partial charge in [-0.2, -0.15) is 4.98 Å². The molecule has 32 heavy (non-hydrogen) atoms. The highest BCUT2D eigenvalue weighted by Crippen LogP contribution is 2.32. The number of anilines is 2. The van der Waals surface area contributed by atoms with E-state index >= 15 is 0 Å². The summed E-state index contributed by atoms with van der Waals surface area (Å²) in [6.07, 6.45) is -0.592. The van der Waals surface area contributed by atoms with Gasteiger partial charge in [0.2, 0.25) is 0 Å². The van der Waals surface area contributed by atoms with Crippen molar-refractivity contribution in [2.45, 2.75) is 44.2 Å². The molecule has 0 aliphatic heterocycles. The van der Waals surface area contributed by atoms with Gasteiger partial charge in [0.15, 0.2) is 0 Å². The Morgan fingerprint density at radius 2 is 1.91 bits per heavy atom. The monoisotopic (exact) mass is 455 g/mol. The number of alkyl halides is 3. The number of nitrogens with zero attached hydrogens (tertiary/aromatic N) is 2. The molecule has 0 unspecified atom stereocenters. The molecular weight excluding hydrogens is 431 g/mol. The van der Waals surface area contributed by atoms with Gasteiger partial charge in [-0.1, -0.05) is 0 Å². The number of benzene rings is 1. The van der Waals surface area contributed by atoms with Crippen molar-refractivity contribution in [1.82, 2.24) is 15.3 Å². The predicted octanol–water partition coefficient (Wildman–Crippen LogP) is 3.94. The van der Waals surface area contributed by atoms with E-state index in [-0.39, 0.29) is 23.6 Å². The van der Waals surface area contributed by atoms with Crippen LogP contribution in [-0.4, -0.2) is 48.7 Å². The maximum absolute atomic E-state index is 12.5. The van der Waals surface area contributed by atoms with Crippen LogP contribution in [0.2, 0.25) is 0 Å². The minimum absolute atomic E-state index is 0.0605. The summed E-state index contributed by atoms with van der Waals surface area (Å²) in [5.41, 5.74) is 0.0605. The fraction of sp³-hybridized carbons (Fsp3) is 0.450. The average Bonchev–Trinajstić information content (AvgIpc) is 2.74. The van der Waals surface area contributed by atoms with Crippen molar-refractivity contribution in [3.63, 3.8) is 0 Å². The van der Waals surface area contributed by atoms with E-state index in [0.29, 0.717) is 37.5 Å². The van der Waals surface area contributed by atoms with Crippen LogP contribution >= 0.6 is 0 Å². The average molecular weight is 455 g/mol. The number of hydrogen-bond donors (Lipinski definition) is 3. The molecule has 1 aliphatic rings. The molecule has 2 amide bonds. The van der Waals surface area contributed by atoms with E-state index in [0.717, 1.165) is 12.1 Å². The van der Waals surface area contributed by atoms with Gasteiger partial charge in [-0.25, -0.2) is 9.78 Å². The summed E-state index contributed by atoms with van der Waals surface area (Å²) in [7, 11) is 3.10. The van der Waals surface area contributed by atoms with Gasteiger partial charge in [0.1, 0.15) is 23.4 Å². The lowest BCUT2D eigenvalue weighted by molar-refractivity contribution is -0.274. The Morgan fingerprint density at radius 3 is 2.56 bits per heavy atom. The minimum Gasteiger partial charge on any atom is -0.495 e. The van der Waals surface area contributed by atoms with E-state index in [9.17, 15) is 18.0 Å². The molecule has 9 nitrogen and oxygen atoms in total. The number of aromatic nitrogens is 2. The highest BCUT2D eigenvalue weighted by Gasteiger charge is 2.31. The molecule has 1 aromatic heterocycles. The van der Waals surface area contributed by atoms with Crippen molar-refractivity contribution < 1.29 is 32.2 Å². The first-order chi connectivity index (χ1) is 15.3. The van der Waals surface area contributed by atoms with Crippen LogP contribution < -0.4 is 30.2 Å². The molecule has 3 N–H and O–H groups in total. The molecule has 0 atom stereocenters. The van der Waals surface area contributed by atoms with Crippen LogP contribution in [0.4, 0.5) is 29.5 Å². The number of nitrogens with one attached hydrogen (secondary N) is 3. The first kappa shape index (κ1) is 23.2. The van der Waals surface area contributed by atoms with Gasteiger partial charge >= 0.3 is 18.4 Å². The van der Waals surface area contributed by atoms with E-state index in [2.05, 4.69) is 30.7 Å². The third-order valence-corrected chi connectivity index (χ3v) is 4.82. The van der Waals surface area contributed by atoms with E-state index in [1.807, 2.05) is 0 Å². The maximum atomic E-state index is 12.5. The maximum Gasteiger partial charge on any atom is 0.573 e. The van der Waals surface area contributed by atoms with Gasteiger partial charge < -0.3 is 30.2 Å². The lowest BCUT2D eigenvalue weighted by Gasteiger charge is -2.29. The van der Waals surface area contributed by atoms with Crippen molar-refractivity contribution in [2.75, 3.05) is 24.8 Å². The number of amides is 2. The number of carbonyl (C=O) groups excluding carboxylic acids is 1. The number of rotatable bonds is 7. The van der Waals surface area contributed by atoms with Crippen LogP contribution in [0, 0.1) is 0 Å². The van der Waals surface area contributed by atoms with Crippen LogP contribution in [0.1, 0.15) is 25.7 Å². The molecule has 1 heterocycles. The van der Waals surface area contributed by atoms with Gasteiger partial charge in [-0.05, 0) is 43.9 Å². The molecule has 12 heteroatoms. The van der Waals surface area contributed by atoms with Crippen molar-refractivity contribution in [3.05, 3.63) is 30.5 Å². The fourth-order valence-electron chi connectivity index (χ4n) is 3.34. The Balaban J connectivity index is 1.51. The number of urea groups is 1. The van der Waals surface area contributed by atoms with E-state index in [1.54, 1.807) is 19.3 Å². The third kappa shape index (κ3) is 6.79. The number of carbonyl (C=O) groups is 1. The molecule has 174 valence electrons. The molecule has 0 radical (unpaired) electrons. The summed E-state index contributed by atoms with van der Waals surface area (Å²) >= 11 is 0. The van der Waals surface area contributed by atoms with Gasteiger partial charge in [-0.3, -0.25) is 0 Å². The molecule has 0 bridgehead atoms. The fourth-order valence-corrected chi connectivity index (χ4v) is 3.34. The Labute approximate surface area is 182 Å². The van der Waals surface area contributed by atoms with Gasteiger partial charge in [0, 0.05) is 25.4 Å². The molecular formula is C20H24F3N5O4. The summed E-state index contributed by atoms with van der Waals surface area (Å²) in [4.78, 5) is 20.7. The van der Waals surface area contributed by atoms with E-state index < -0.39 is 18.1 Å². The normalized spacial score (nSPS) is 18.4. The van der Waals surface area contributed by atoms with Crippen molar-refractivity contribution in [1.29, 1.82) is 0 Å². The van der Waals surface area contributed by atoms with Crippen LogP contribution in [0.5, 0.6) is 17.5 Å². The largest absolute Gasteiger partial charge is 0.573 e. The zero-order valence-electron chi connectivity index (χ0n) is 17.5. The van der Waals surface area contributed by atoms with Crippen molar-refractivity contribution in [3.8, 4) is 17.5 Å². The number of methoxy groups -OCH3 is 1. The first-order valence-corrected chi connectivity index (χ1v) is 9.94. The lowest BCUT2D eigenvalue weighted by Crippen LogP contribution is -2.41. The number of hydrogen-bond acceptors (Lipinski definition) is 7. The predicted molar refractivity (Wildman–Crippen MR) is 110 cm³/mol. The Bertz CT molecular complexity index is 920. The standard InChI is InChI=1S/C20H24F3N5O4/c1-24-17-9-10-25-19(28-17)31-13-5-3-12(4-6-13)26-18(29)27-15-11-14(32-20(21,22)23)7-8-16(15)30-2/h7-13H,3-6H2,1-2H3,(H,24,25,28)(H2,26,27,29). The molecule has 1 aliphatic carbocycles. The Kier molecular flexibility index (Phi) is 7.44. The minimum atomic E-state index is -4.84. The van der Waals surface area contributed by atoms with Crippen LogP contribution in [0.25, 0.3) is 0 Å². The second kappa shape index (κ2) is 10.2. The third-order valence-electron chi connectivity index (χ3n) is 4.82. The summed E-state index contributed by atoms with van der Waals surface area (Å²) < 4.78 is 52.2. The van der Waals surface area contributed by atoms with Crippen LogP contribution in [0.15, 0.2) is 30.5 Å². The summed E-state index contributed by atoms with van der Waals surface area (Å²) in [5.74, 6) is 0.397. The smallest absolute Gasteiger partial charge is 0.495 e. The molecule has 2 aromatic rings. The van der Waals surface area contributed by atoms with Crippen LogP contribution in [0.3, 0.4) is 0 Å². The van der Waals surface area contributed by atoms with Gasteiger partial charge in [-0.15, -0.1) is 13.2 Å². The quantitative estimate of drug-likeness (QED) is 0.581. The topological polar surface area (TPSA) is 107 Å². The van der Waals surface area contributed by atoms with Crippen LogP contribution in [-0.2, 0) is 0 Å². The molecule has 0 spiro atoms. The van der Waals surface area contributed by atoms with E-state index in [4.69, 9.17) is 9.47 Å². The summed E-state index contributed by atoms with van der Waals surface area (Å²) in [5, 5.41) is 8.26. The number of halogens is 3. The van der Waals surface area contributed by atoms with Crippen molar-refractivity contribution in [2.24, 2.45) is 0 Å². The SMILES string of the molecule is CNc1ccnc(OC2CCC(NC(=O)Nc3cc(OC(F)(F)F)ccc3OC)CC2)n1. The first-order valence-electron chi connectivity index (χ1n) is 9.94. The van der Waals surface area contributed by atoms with Gasteiger partial charge in [0.25, 0.3) is 0 Å². The Hall–Kier alpha value is -3.44. The molecule has 1 fully saturated rings. The Morgan fingerprint density at radius 1 is 1.16 bits per heavy atom. The zero-order chi connectivity index (χ0) is 23.1. The zero-order valence-corrected chi connectivity index (χ0v) is 17.5. The summed E-state index contributed by atoms with van der Waals surface area (Å²) in [6.45, 7) is 0. The second-order valence-corrected chi connectivity index (χ2v) is 7.07. The molecule has 1 aromatic carbocycles. The highest BCUT2D eigenvalue weighted by atomic mass is 19.4. The molecule has 1 saturated carbocycles. The lowest BCUT2D eigenvalue weighted by atomic mass is 9.93. The highest BCUT2D eigenvalue weighted by molar-refractivity contribution is 5.91. The molecule has 0 saturated heterocycles.